The van der Waals surface area contributed by atoms with Gasteiger partial charge >= 0.3 is 12.1 Å². The fourth-order valence-electron chi connectivity index (χ4n) is 3.90. The maximum atomic E-state index is 13.9. The second-order valence-electron chi connectivity index (χ2n) is 6.60. The van der Waals surface area contributed by atoms with Crippen LogP contribution in [0.15, 0.2) is 42.5 Å². The maximum absolute atomic E-state index is 13.9. The van der Waals surface area contributed by atoms with Gasteiger partial charge in [-0.1, -0.05) is 42.5 Å². The van der Waals surface area contributed by atoms with Gasteiger partial charge in [-0.2, -0.15) is 13.2 Å². The fraction of sp³-hybridized carbons (Fsp3) is 0.389. The Labute approximate surface area is 156 Å². The lowest BCUT2D eigenvalue weighted by Gasteiger charge is -2.33. The van der Waals surface area contributed by atoms with Gasteiger partial charge in [-0.15, -0.1) is 5.06 Å². The number of hydrogen-bond acceptors (Lipinski definition) is 6. The monoisotopic (exact) mass is 397 g/mol. The highest BCUT2D eigenvalue weighted by atomic mass is 19.4. The maximum Gasteiger partial charge on any atom is 0.432 e. The van der Waals surface area contributed by atoms with Gasteiger partial charge in [0.2, 0.25) is 0 Å². The van der Waals surface area contributed by atoms with Crippen molar-refractivity contribution >= 4 is 17.8 Å². The number of fused-ring (bicyclic) bond motifs is 5. The first-order valence-electron chi connectivity index (χ1n) is 8.34. The molecule has 4 rings (SSSR count). The Morgan fingerprint density at radius 2 is 1.57 bits per heavy atom. The van der Waals surface area contributed by atoms with Crippen molar-refractivity contribution in [1.29, 1.82) is 0 Å². The molecule has 7 nitrogen and oxygen atoms in total. The number of methoxy groups -OCH3 is 1. The first-order chi connectivity index (χ1) is 13.2. The third-order valence-electron chi connectivity index (χ3n) is 5.22. The molecule has 0 saturated carbocycles. The van der Waals surface area contributed by atoms with Gasteiger partial charge in [0.15, 0.2) is 0 Å². The predicted molar refractivity (Wildman–Crippen MR) is 83.9 cm³/mol. The highest BCUT2D eigenvalue weighted by molar-refractivity contribution is 6.06. The van der Waals surface area contributed by atoms with E-state index in [9.17, 15) is 27.6 Å². The number of ether oxygens (including phenoxy) is 2. The van der Waals surface area contributed by atoms with Crippen LogP contribution in [0, 0.1) is 11.8 Å². The van der Waals surface area contributed by atoms with Crippen molar-refractivity contribution in [3.8, 4) is 0 Å². The Morgan fingerprint density at radius 1 is 1.04 bits per heavy atom. The van der Waals surface area contributed by atoms with Gasteiger partial charge in [0.05, 0.1) is 24.0 Å². The highest BCUT2D eigenvalue weighted by Crippen LogP contribution is 2.47. The van der Waals surface area contributed by atoms with Crippen LogP contribution in [0.4, 0.5) is 13.2 Å². The molecule has 3 heterocycles. The number of hydroxylamine groups is 2. The minimum atomic E-state index is -5.22. The van der Waals surface area contributed by atoms with E-state index in [4.69, 9.17) is 9.57 Å². The molecular formula is C18H14F3NO6. The van der Waals surface area contributed by atoms with E-state index in [1.54, 1.807) is 12.2 Å². The van der Waals surface area contributed by atoms with Crippen molar-refractivity contribution in [2.24, 2.45) is 11.8 Å². The number of hydrogen-bond donors (Lipinski definition) is 0. The van der Waals surface area contributed by atoms with Crippen LogP contribution < -0.4 is 0 Å². The topological polar surface area (TPSA) is 82.1 Å². The van der Waals surface area contributed by atoms with E-state index in [-0.39, 0.29) is 5.06 Å². The molecule has 2 bridgehead atoms. The van der Waals surface area contributed by atoms with E-state index in [0.717, 1.165) is 12.1 Å². The second kappa shape index (κ2) is 6.14. The SMILES string of the molecule is CO[C@@](C(=O)ON1C(=O)[C@@H]2[C@H](C1=O)[C@H]1C=C[C@@H]2O1)(c1ccccc1)C(F)(F)F. The molecule has 0 radical (unpaired) electrons. The zero-order valence-corrected chi connectivity index (χ0v) is 14.4. The number of nitrogens with zero attached hydrogens (tertiary/aromatic N) is 1. The fourth-order valence-corrected chi connectivity index (χ4v) is 3.90. The molecule has 0 aliphatic carbocycles. The van der Waals surface area contributed by atoms with E-state index in [2.05, 4.69) is 4.74 Å². The summed E-state index contributed by atoms with van der Waals surface area (Å²) in [6.45, 7) is 0. The van der Waals surface area contributed by atoms with Crippen molar-refractivity contribution in [2.45, 2.75) is 24.0 Å². The molecule has 1 aromatic rings. The number of imide groups is 1. The number of alkyl halides is 3. The van der Waals surface area contributed by atoms with Crippen LogP contribution >= 0.6 is 0 Å². The van der Waals surface area contributed by atoms with Gasteiger partial charge in [0.1, 0.15) is 0 Å². The van der Waals surface area contributed by atoms with E-state index in [1.165, 1.54) is 18.2 Å². The summed E-state index contributed by atoms with van der Waals surface area (Å²) in [5.74, 6) is -5.61. The number of rotatable bonds is 4. The lowest BCUT2D eigenvalue weighted by Crippen LogP contribution is -2.54. The zero-order valence-electron chi connectivity index (χ0n) is 14.4. The molecule has 1 aromatic carbocycles. The third-order valence-corrected chi connectivity index (χ3v) is 5.22. The molecule has 0 aromatic heterocycles. The van der Waals surface area contributed by atoms with E-state index < -0.39 is 59.2 Å². The average Bonchev–Trinajstić information content (AvgIpc) is 3.32. The number of amides is 2. The summed E-state index contributed by atoms with van der Waals surface area (Å²) in [6.07, 6.45) is -3.35. The summed E-state index contributed by atoms with van der Waals surface area (Å²) in [5, 5.41) is 0.107. The molecule has 0 N–H and O–H groups in total. The number of carbonyl (C=O) groups is 3. The Hall–Kier alpha value is -2.72. The molecule has 3 aliphatic heterocycles. The summed E-state index contributed by atoms with van der Waals surface area (Å²) in [7, 11) is 0.697. The van der Waals surface area contributed by atoms with Crippen LogP contribution in [-0.2, 0) is 34.3 Å². The summed E-state index contributed by atoms with van der Waals surface area (Å²) in [4.78, 5) is 42.4. The van der Waals surface area contributed by atoms with E-state index in [0.29, 0.717) is 7.11 Å². The standard InChI is InChI=1S/C18H14F3NO6/c1-26-17(18(19,20)21,9-5-3-2-4-6-9)16(25)28-22-14(23)12-10-7-8-11(27-10)13(12)15(22)24/h2-8,10-13H,1H3/t10-,11+,12-,13+,17-/m1/s1. The smallest absolute Gasteiger partial charge is 0.365 e. The van der Waals surface area contributed by atoms with Crippen molar-refractivity contribution in [1.82, 2.24) is 5.06 Å². The van der Waals surface area contributed by atoms with Crippen LogP contribution in [0.1, 0.15) is 5.56 Å². The lowest BCUT2D eigenvalue weighted by molar-refractivity contribution is -0.287. The average molecular weight is 397 g/mol. The first-order valence-corrected chi connectivity index (χ1v) is 8.34. The normalized spacial score (nSPS) is 30.5. The summed E-state index contributed by atoms with van der Waals surface area (Å²) in [5.41, 5.74) is -4.04. The highest BCUT2D eigenvalue weighted by Gasteiger charge is 2.67. The van der Waals surface area contributed by atoms with Crippen molar-refractivity contribution in [2.75, 3.05) is 7.11 Å². The van der Waals surface area contributed by atoms with Gasteiger partial charge in [0.25, 0.3) is 17.4 Å². The molecule has 3 aliphatic rings. The van der Waals surface area contributed by atoms with Gasteiger partial charge in [-0.05, 0) is 0 Å². The Bertz CT molecular complexity index is 840. The summed E-state index contributed by atoms with van der Waals surface area (Å²) < 4.78 is 51.7. The second-order valence-corrected chi connectivity index (χ2v) is 6.60. The molecule has 0 spiro atoms. The van der Waals surface area contributed by atoms with Crippen molar-refractivity contribution in [3.63, 3.8) is 0 Å². The minimum Gasteiger partial charge on any atom is -0.365 e. The largest absolute Gasteiger partial charge is 0.432 e. The van der Waals surface area contributed by atoms with Crippen LogP contribution in [0.25, 0.3) is 0 Å². The quantitative estimate of drug-likeness (QED) is 0.566. The molecular weight excluding hydrogens is 383 g/mol. The van der Waals surface area contributed by atoms with Gasteiger partial charge in [0, 0.05) is 12.7 Å². The molecule has 2 amide bonds. The van der Waals surface area contributed by atoms with Crippen molar-refractivity contribution in [3.05, 3.63) is 48.0 Å². The van der Waals surface area contributed by atoms with Gasteiger partial charge in [-0.3, -0.25) is 9.59 Å². The third kappa shape index (κ3) is 2.34. The molecule has 10 heteroatoms. The summed E-state index contributed by atoms with van der Waals surface area (Å²) >= 11 is 0. The molecule has 0 unspecified atom stereocenters. The van der Waals surface area contributed by atoms with E-state index in [1.807, 2.05) is 0 Å². The Balaban J connectivity index is 1.66. The molecule has 148 valence electrons. The number of carbonyl (C=O) groups excluding carboxylic acids is 3. The zero-order chi connectivity index (χ0) is 20.3. The molecule has 28 heavy (non-hydrogen) atoms. The molecule has 2 saturated heterocycles. The number of halogens is 3. The minimum absolute atomic E-state index is 0.107. The van der Waals surface area contributed by atoms with Crippen LogP contribution in [0.5, 0.6) is 0 Å². The Morgan fingerprint density at radius 3 is 2.04 bits per heavy atom. The van der Waals surface area contributed by atoms with Gasteiger partial charge in [-0.25, -0.2) is 4.79 Å². The Kier molecular flexibility index (Phi) is 4.09. The summed E-state index contributed by atoms with van der Waals surface area (Å²) in [6, 6.07) is 6.12. The molecule has 5 atom stereocenters. The van der Waals surface area contributed by atoms with Crippen LogP contribution in [0.2, 0.25) is 0 Å². The van der Waals surface area contributed by atoms with Crippen LogP contribution in [-0.4, -0.2) is 48.3 Å². The number of benzene rings is 1. The molecule has 2 fully saturated rings. The first kappa shape index (κ1) is 18.6. The van der Waals surface area contributed by atoms with E-state index >= 15 is 0 Å². The van der Waals surface area contributed by atoms with Crippen molar-refractivity contribution < 1.29 is 41.9 Å². The van der Waals surface area contributed by atoms with Crippen LogP contribution in [0.3, 0.4) is 0 Å². The lowest BCUT2D eigenvalue weighted by atomic mass is 9.85. The predicted octanol–water partition coefficient (Wildman–Crippen LogP) is 1.49. The van der Waals surface area contributed by atoms with Gasteiger partial charge < -0.3 is 14.3 Å².